The molecule has 154 valence electrons. The van der Waals surface area contributed by atoms with Crippen LogP contribution in [0.1, 0.15) is 59.8 Å². The van der Waals surface area contributed by atoms with E-state index in [9.17, 15) is 19.8 Å². The zero-order chi connectivity index (χ0) is 20.7. The Balaban J connectivity index is 1.84. The van der Waals surface area contributed by atoms with Crippen LogP contribution in [-0.4, -0.2) is 39.2 Å². The molecule has 0 aromatic heterocycles. The van der Waals surface area contributed by atoms with E-state index in [0.29, 0.717) is 19.3 Å². The zero-order valence-electron chi connectivity index (χ0n) is 17.2. The van der Waals surface area contributed by atoms with Crippen molar-refractivity contribution in [2.45, 2.75) is 77.2 Å². The maximum absolute atomic E-state index is 16.9. The number of hydrogen-bond donors (Lipinski definition) is 2. The molecule has 0 aromatic rings. The Hall–Kier alpha value is -1.33. The number of aliphatic hydroxyl groups is 2. The lowest BCUT2D eigenvalue weighted by atomic mass is 9.44. The Morgan fingerprint density at radius 1 is 1.32 bits per heavy atom. The summed E-state index contributed by atoms with van der Waals surface area (Å²) in [5.74, 6) is -1.29. The highest BCUT2D eigenvalue weighted by atomic mass is 19.1. The van der Waals surface area contributed by atoms with Gasteiger partial charge in [0.2, 0.25) is 0 Å². The summed E-state index contributed by atoms with van der Waals surface area (Å²) in [6.45, 7) is 7.26. The van der Waals surface area contributed by atoms with Crippen molar-refractivity contribution in [1.29, 1.82) is 0 Å². The molecule has 5 heteroatoms. The number of ketones is 2. The van der Waals surface area contributed by atoms with Crippen LogP contribution < -0.4 is 0 Å². The van der Waals surface area contributed by atoms with E-state index in [-0.39, 0.29) is 36.2 Å². The number of carbonyl (C=O) groups excluding carboxylic acids is 2. The second-order valence-electron chi connectivity index (χ2n) is 9.94. The monoisotopic (exact) mass is 390 g/mol. The molecule has 4 rings (SSSR count). The van der Waals surface area contributed by atoms with E-state index in [1.165, 1.54) is 12.2 Å². The highest BCUT2D eigenvalue weighted by molar-refractivity contribution is 6.01. The van der Waals surface area contributed by atoms with Crippen LogP contribution in [0.5, 0.6) is 0 Å². The van der Waals surface area contributed by atoms with Crippen LogP contribution in [0.15, 0.2) is 23.8 Å². The summed E-state index contributed by atoms with van der Waals surface area (Å²) in [6.07, 6.45) is 5.18. The maximum Gasteiger partial charge on any atom is 0.178 e. The van der Waals surface area contributed by atoms with Crippen LogP contribution in [0.4, 0.5) is 4.39 Å². The number of allylic oxidation sites excluding steroid dienone is 4. The lowest BCUT2D eigenvalue weighted by Crippen LogP contribution is -2.69. The average molecular weight is 390 g/mol. The zero-order valence-corrected chi connectivity index (χ0v) is 17.2. The number of carbonyl (C=O) groups is 2. The van der Waals surface area contributed by atoms with Crippen LogP contribution in [0.25, 0.3) is 0 Å². The van der Waals surface area contributed by atoms with E-state index in [1.807, 2.05) is 13.8 Å². The molecule has 0 aromatic carbocycles. The minimum Gasteiger partial charge on any atom is -0.390 e. The van der Waals surface area contributed by atoms with Crippen LogP contribution in [0.2, 0.25) is 0 Å². The molecule has 0 saturated heterocycles. The van der Waals surface area contributed by atoms with E-state index in [1.54, 1.807) is 19.9 Å². The van der Waals surface area contributed by atoms with Gasteiger partial charge in [-0.15, -0.1) is 0 Å². The third-order valence-corrected chi connectivity index (χ3v) is 8.97. The Kier molecular flexibility index (Phi) is 4.17. The molecule has 4 aliphatic rings. The molecule has 0 spiro atoms. The van der Waals surface area contributed by atoms with Crippen molar-refractivity contribution in [3.63, 3.8) is 0 Å². The first kappa shape index (κ1) is 20.0. The third-order valence-electron chi connectivity index (χ3n) is 8.97. The van der Waals surface area contributed by atoms with Gasteiger partial charge >= 0.3 is 0 Å². The molecular formula is C23H31FO4. The van der Waals surface area contributed by atoms with Crippen molar-refractivity contribution < 1.29 is 24.2 Å². The van der Waals surface area contributed by atoms with Crippen molar-refractivity contribution in [2.24, 2.45) is 28.6 Å². The Bertz CT molecular complexity index is 802. The lowest BCUT2D eigenvalue weighted by Gasteiger charge is -2.62. The Morgan fingerprint density at radius 3 is 2.64 bits per heavy atom. The SMILES string of the molecule is CCC(=O)C1(O)C(C)CC2C3CCC4=CC(=O)C=CC4(C)C3(F)C(O)CC21C. The van der Waals surface area contributed by atoms with Crippen LogP contribution in [-0.2, 0) is 9.59 Å². The number of rotatable bonds is 2. The first-order chi connectivity index (χ1) is 13.0. The molecule has 8 unspecified atom stereocenters. The molecular weight excluding hydrogens is 359 g/mol. The fourth-order valence-corrected chi connectivity index (χ4v) is 7.41. The van der Waals surface area contributed by atoms with Gasteiger partial charge in [-0.2, -0.15) is 0 Å². The van der Waals surface area contributed by atoms with Crippen molar-refractivity contribution in [2.75, 3.05) is 0 Å². The first-order valence-electron chi connectivity index (χ1n) is 10.5. The lowest BCUT2D eigenvalue weighted by molar-refractivity contribution is -0.218. The standard InChI is InChI=1S/C23H31FO4/c1-5-18(26)23(28)13(2)10-17-16-7-6-14-11-15(25)8-9-20(14,3)22(16,24)19(27)12-21(17,23)4/h8-9,11,13,16-17,19,27-28H,5-7,10,12H2,1-4H3. The smallest absolute Gasteiger partial charge is 0.178 e. The maximum atomic E-state index is 16.9. The second-order valence-corrected chi connectivity index (χ2v) is 9.94. The van der Waals surface area contributed by atoms with Gasteiger partial charge < -0.3 is 10.2 Å². The van der Waals surface area contributed by atoms with Crippen molar-refractivity contribution in [3.05, 3.63) is 23.8 Å². The predicted molar refractivity (Wildman–Crippen MR) is 103 cm³/mol. The van der Waals surface area contributed by atoms with Gasteiger partial charge in [0.1, 0.15) is 5.60 Å². The second kappa shape index (κ2) is 5.85. The van der Waals surface area contributed by atoms with Gasteiger partial charge in [-0.25, -0.2) is 4.39 Å². The first-order valence-corrected chi connectivity index (χ1v) is 10.5. The van der Waals surface area contributed by atoms with Crippen molar-refractivity contribution >= 4 is 11.6 Å². The largest absolute Gasteiger partial charge is 0.390 e. The van der Waals surface area contributed by atoms with Crippen molar-refractivity contribution in [3.8, 4) is 0 Å². The van der Waals surface area contributed by atoms with E-state index in [2.05, 4.69) is 0 Å². The van der Waals surface area contributed by atoms with Gasteiger partial charge in [-0.05, 0) is 56.6 Å². The number of alkyl halides is 1. The molecule has 4 nitrogen and oxygen atoms in total. The number of fused-ring (bicyclic) bond motifs is 5. The minimum atomic E-state index is -1.92. The van der Waals surface area contributed by atoms with E-state index in [0.717, 1.165) is 5.57 Å². The molecule has 8 atom stereocenters. The van der Waals surface area contributed by atoms with Gasteiger partial charge in [0.05, 0.1) is 6.10 Å². The summed E-state index contributed by atoms with van der Waals surface area (Å²) in [5, 5.41) is 22.7. The van der Waals surface area contributed by atoms with Crippen LogP contribution in [0.3, 0.4) is 0 Å². The molecule has 28 heavy (non-hydrogen) atoms. The van der Waals surface area contributed by atoms with E-state index in [4.69, 9.17) is 0 Å². The van der Waals surface area contributed by atoms with Crippen LogP contribution in [0, 0.1) is 28.6 Å². The number of halogens is 1. The summed E-state index contributed by atoms with van der Waals surface area (Å²) < 4.78 is 16.9. The third kappa shape index (κ3) is 2.02. The Morgan fingerprint density at radius 2 is 2.00 bits per heavy atom. The molecule has 0 bridgehead atoms. The Labute approximate surface area is 165 Å². The van der Waals surface area contributed by atoms with Gasteiger partial charge in [-0.1, -0.05) is 32.4 Å². The molecule has 3 fully saturated rings. The predicted octanol–water partition coefficient (Wildman–Crippen LogP) is 3.31. The fourth-order valence-electron chi connectivity index (χ4n) is 7.41. The topological polar surface area (TPSA) is 74.6 Å². The molecule has 3 saturated carbocycles. The molecule has 2 N–H and O–H groups in total. The molecule has 0 amide bonds. The summed E-state index contributed by atoms with van der Waals surface area (Å²) in [7, 11) is 0. The van der Waals surface area contributed by atoms with E-state index < -0.39 is 34.1 Å². The quantitative estimate of drug-likeness (QED) is 0.759. The highest BCUT2D eigenvalue weighted by Gasteiger charge is 2.75. The van der Waals surface area contributed by atoms with E-state index >= 15 is 4.39 Å². The highest BCUT2D eigenvalue weighted by Crippen LogP contribution is 2.70. The van der Waals surface area contributed by atoms with Gasteiger partial charge in [0, 0.05) is 23.2 Å². The molecule has 0 radical (unpaired) electrons. The summed E-state index contributed by atoms with van der Waals surface area (Å²) >= 11 is 0. The molecule has 4 aliphatic carbocycles. The number of Topliss-reactive ketones (excluding diaryl/α,β-unsaturated/α-hetero) is 1. The van der Waals surface area contributed by atoms with Crippen molar-refractivity contribution in [1.82, 2.24) is 0 Å². The molecule has 0 aliphatic heterocycles. The van der Waals surface area contributed by atoms with Gasteiger partial charge in [0.15, 0.2) is 17.2 Å². The number of aliphatic hydroxyl groups excluding tert-OH is 1. The summed E-state index contributed by atoms with van der Waals surface area (Å²) in [5.41, 5.74) is -4.61. The van der Waals surface area contributed by atoms with Gasteiger partial charge in [0.25, 0.3) is 0 Å². The summed E-state index contributed by atoms with van der Waals surface area (Å²) in [6, 6.07) is 0. The summed E-state index contributed by atoms with van der Waals surface area (Å²) in [4.78, 5) is 24.7. The average Bonchev–Trinajstić information content (AvgIpc) is 2.84. The fraction of sp³-hybridized carbons (Fsp3) is 0.739. The van der Waals surface area contributed by atoms with Gasteiger partial charge in [-0.3, -0.25) is 9.59 Å². The minimum absolute atomic E-state index is 0.0436. The number of hydrogen-bond acceptors (Lipinski definition) is 4. The normalized spacial score (nSPS) is 52.5. The molecule has 0 heterocycles. The van der Waals surface area contributed by atoms with Crippen LogP contribution >= 0.6 is 0 Å².